The number of benzene rings is 2. The molecule has 0 heterocycles. The van der Waals surface area contributed by atoms with Crippen molar-refractivity contribution in [1.82, 2.24) is 0 Å². The molecule has 0 amide bonds. The lowest BCUT2D eigenvalue weighted by molar-refractivity contribution is 1.38. The van der Waals surface area contributed by atoms with Crippen LogP contribution in [0.5, 0.6) is 0 Å². The van der Waals surface area contributed by atoms with E-state index in [9.17, 15) is 0 Å². The Morgan fingerprint density at radius 2 is 1.65 bits per heavy atom. The Kier molecular flexibility index (Phi) is 3.82. The lowest BCUT2D eigenvalue weighted by Gasteiger charge is -2.05. The van der Waals surface area contributed by atoms with Crippen LogP contribution in [0.4, 0.5) is 11.4 Å². The number of nitrogens with two attached hydrogens (primary N) is 2. The molecule has 4 N–H and O–H groups in total. The van der Waals surface area contributed by atoms with Crippen molar-refractivity contribution in [2.24, 2.45) is 0 Å². The molecule has 2 aromatic carbocycles. The average molecular weight is 265 g/mol. The standard InChI is InChI=1S/C13H13ClN2S/c14-10-3-1-9(2-4-10)8-17-11-5-6-12(15)13(16)7-11/h1-7H,8,15-16H2. The van der Waals surface area contributed by atoms with Crippen molar-refractivity contribution in [3.8, 4) is 0 Å². The second kappa shape index (κ2) is 5.34. The first-order valence-electron chi connectivity index (χ1n) is 5.17. The molecule has 0 atom stereocenters. The Labute approximate surface area is 110 Å². The van der Waals surface area contributed by atoms with E-state index < -0.39 is 0 Å². The van der Waals surface area contributed by atoms with Crippen LogP contribution in [0.25, 0.3) is 0 Å². The highest BCUT2D eigenvalue weighted by molar-refractivity contribution is 7.98. The molecule has 17 heavy (non-hydrogen) atoms. The summed E-state index contributed by atoms with van der Waals surface area (Å²) in [5, 5.41) is 0.760. The minimum absolute atomic E-state index is 0.626. The van der Waals surface area contributed by atoms with E-state index in [-0.39, 0.29) is 0 Å². The van der Waals surface area contributed by atoms with E-state index in [1.54, 1.807) is 11.8 Å². The van der Waals surface area contributed by atoms with Crippen molar-refractivity contribution >= 4 is 34.7 Å². The Hall–Kier alpha value is -1.32. The van der Waals surface area contributed by atoms with E-state index >= 15 is 0 Å². The van der Waals surface area contributed by atoms with Crippen molar-refractivity contribution in [2.45, 2.75) is 10.6 Å². The maximum atomic E-state index is 5.83. The van der Waals surface area contributed by atoms with Crippen LogP contribution in [0.1, 0.15) is 5.56 Å². The van der Waals surface area contributed by atoms with Gasteiger partial charge in [0.15, 0.2) is 0 Å². The van der Waals surface area contributed by atoms with Gasteiger partial charge in [-0.2, -0.15) is 0 Å². The van der Waals surface area contributed by atoms with E-state index in [0.29, 0.717) is 11.4 Å². The third kappa shape index (κ3) is 3.32. The summed E-state index contributed by atoms with van der Waals surface area (Å²) in [6.45, 7) is 0. The molecule has 0 radical (unpaired) electrons. The monoisotopic (exact) mass is 264 g/mol. The molecule has 0 saturated carbocycles. The normalized spacial score (nSPS) is 10.4. The SMILES string of the molecule is Nc1ccc(SCc2ccc(Cl)cc2)cc1N. The van der Waals surface area contributed by atoms with Crippen molar-refractivity contribution in [3.63, 3.8) is 0 Å². The molecular formula is C13H13ClN2S. The summed E-state index contributed by atoms with van der Waals surface area (Å²) in [4.78, 5) is 1.12. The highest BCUT2D eigenvalue weighted by atomic mass is 35.5. The van der Waals surface area contributed by atoms with Gasteiger partial charge < -0.3 is 11.5 Å². The molecule has 0 aromatic heterocycles. The molecule has 0 aliphatic rings. The number of hydrogen-bond donors (Lipinski definition) is 2. The molecule has 0 spiro atoms. The zero-order valence-electron chi connectivity index (χ0n) is 9.19. The molecule has 0 aliphatic carbocycles. The number of anilines is 2. The topological polar surface area (TPSA) is 52.0 Å². The van der Waals surface area contributed by atoms with Crippen LogP contribution in [0.3, 0.4) is 0 Å². The highest BCUT2D eigenvalue weighted by Gasteiger charge is 1.99. The van der Waals surface area contributed by atoms with Crippen LogP contribution in [-0.2, 0) is 5.75 Å². The Morgan fingerprint density at radius 1 is 0.941 bits per heavy atom. The van der Waals surface area contributed by atoms with Gasteiger partial charge in [-0.05, 0) is 35.9 Å². The van der Waals surface area contributed by atoms with Crippen LogP contribution in [-0.4, -0.2) is 0 Å². The molecule has 0 unspecified atom stereocenters. The zero-order chi connectivity index (χ0) is 12.3. The number of thioether (sulfide) groups is 1. The van der Waals surface area contributed by atoms with Crippen molar-refractivity contribution < 1.29 is 0 Å². The zero-order valence-corrected chi connectivity index (χ0v) is 10.8. The van der Waals surface area contributed by atoms with Crippen LogP contribution >= 0.6 is 23.4 Å². The van der Waals surface area contributed by atoms with Gasteiger partial charge in [0.2, 0.25) is 0 Å². The molecule has 0 aliphatic heterocycles. The van der Waals surface area contributed by atoms with E-state index in [1.807, 2.05) is 42.5 Å². The third-order valence-electron chi connectivity index (χ3n) is 2.38. The average Bonchev–Trinajstić information content (AvgIpc) is 2.33. The maximum Gasteiger partial charge on any atom is 0.0559 e. The van der Waals surface area contributed by atoms with Crippen molar-refractivity contribution in [1.29, 1.82) is 0 Å². The fraction of sp³-hybridized carbons (Fsp3) is 0.0769. The molecular weight excluding hydrogens is 252 g/mol. The second-order valence-electron chi connectivity index (χ2n) is 3.71. The summed E-state index contributed by atoms with van der Waals surface area (Å²) in [7, 11) is 0. The van der Waals surface area contributed by atoms with Crippen LogP contribution < -0.4 is 11.5 Å². The lowest BCUT2D eigenvalue weighted by atomic mass is 10.2. The molecule has 0 saturated heterocycles. The summed E-state index contributed by atoms with van der Waals surface area (Å²) in [5.74, 6) is 0.889. The summed E-state index contributed by atoms with van der Waals surface area (Å²) >= 11 is 7.55. The van der Waals surface area contributed by atoms with Gasteiger partial charge in [0, 0.05) is 15.7 Å². The first-order valence-corrected chi connectivity index (χ1v) is 6.54. The predicted molar refractivity (Wildman–Crippen MR) is 76.3 cm³/mol. The summed E-state index contributed by atoms with van der Waals surface area (Å²) in [6.07, 6.45) is 0. The molecule has 0 fully saturated rings. The maximum absolute atomic E-state index is 5.83. The van der Waals surface area contributed by atoms with Gasteiger partial charge >= 0.3 is 0 Å². The second-order valence-corrected chi connectivity index (χ2v) is 5.19. The molecule has 4 heteroatoms. The largest absolute Gasteiger partial charge is 0.397 e. The van der Waals surface area contributed by atoms with E-state index in [0.717, 1.165) is 15.7 Å². The van der Waals surface area contributed by atoms with E-state index in [2.05, 4.69) is 0 Å². The van der Waals surface area contributed by atoms with Gasteiger partial charge in [0.1, 0.15) is 0 Å². The molecule has 2 rings (SSSR count). The molecule has 2 nitrogen and oxygen atoms in total. The Morgan fingerprint density at radius 3 is 2.29 bits per heavy atom. The Bertz CT molecular complexity index is 511. The predicted octanol–water partition coefficient (Wildman–Crippen LogP) is 3.80. The number of hydrogen-bond acceptors (Lipinski definition) is 3. The first-order chi connectivity index (χ1) is 8.15. The van der Waals surface area contributed by atoms with Crippen LogP contribution in [0, 0.1) is 0 Å². The third-order valence-corrected chi connectivity index (χ3v) is 3.69. The Balaban J connectivity index is 2.02. The van der Waals surface area contributed by atoms with Crippen LogP contribution in [0.2, 0.25) is 5.02 Å². The number of rotatable bonds is 3. The van der Waals surface area contributed by atoms with Gasteiger partial charge in [-0.3, -0.25) is 0 Å². The fourth-order valence-corrected chi connectivity index (χ4v) is 2.42. The summed E-state index contributed by atoms with van der Waals surface area (Å²) < 4.78 is 0. The van der Waals surface area contributed by atoms with Gasteiger partial charge in [-0.1, -0.05) is 23.7 Å². The van der Waals surface area contributed by atoms with Gasteiger partial charge in [0.05, 0.1) is 11.4 Å². The van der Waals surface area contributed by atoms with E-state index in [1.165, 1.54) is 5.56 Å². The molecule has 2 aromatic rings. The van der Waals surface area contributed by atoms with Gasteiger partial charge in [-0.25, -0.2) is 0 Å². The summed E-state index contributed by atoms with van der Waals surface area (Å²) in [5.41, 5.74) is 13.9. The lowest BCUT2D eigenvalue weighted by Crippen LogP contribution is -1.93. The fourth-order valence-electron chi connectivity index (χ4n) is 1.39. The number of halogens is 1. The van der Waals surface area contributed by atoms with E-state index in [4.69, 9.17) is 23.1 Å². The van der Waals surface area contributed by atoms with Gasteiger partial charge in [0.25, 0.3) is 0 Å². The van der Waals surface area contributed by atoms with Crippen molar-refractivity contribution in [2.75, 3.05) is 11.5 Å². The first kappa shape index (κ1) is 12.1. The smallest absolute Gasteiger partial charge is 0.0559 e. The highest BCUT2D eigenvalue weighted by Crippen LogP contribution is 2.27. The van der Waals surface area contributed by atoms with Crippen molar-refractivity contribution in [3.05, 3.63) is 53.1 Å². The quantitative estimate of drug-likeness (QED) is 0.655. The molecule has 0 bridgehead atoms. The summed E-state index contributed by atoms with van der Waals surface area (Å²) in [6, 6.07) is 13.6. The minimum Gasteiger partial charge on any atom is -0.397 e. The number of nitrogen functional groups attached to an aromatic ring is 2. The van der Waals surface area contributed by atoms with Crippen LogP contribution in [0.15, 0.2) is 47.4 Å². The minimum atomic E-state index is 0.626. The molecule has 88 valence electrons. The van der Waals surface area contributed by atoms with Gasteiger partial charge in [-0.15, -0.1) is 11.8 Å².